The minimum Gasteiger partial charge on any atom is -0.476 e. The van der Waals surface area contributed by atoms with Gasteiger partial charge in [-0.15, -0.1) is 0 Å². The van der Waals surface area contributed by atoms with Crippen molar-refractivity contribution in [2.45, 2.75) is 6.10 Å². The highest BCUT2D eigenvalue weighted by atomic mass is 32.2. The van der Waals surface area contributed by atoms with E-state index in [1.165, 1.54) is 6.07 Å². The van der Waals surface area contributed by atoms with Crippen LogP contribution in [0, 0.1) is 11.6 Å². The predicted octanol–water partition coefficient (Wildman–Crippen LogP) is 2.13. The van der Waals surface area contributed by atoms with Crippen LogP contribution >= 0.6 is 0 Å². The molecule has 1 N–H and O–H groups in total. The number of anilines is 2. The van der Waals surface area contributed by atoms with Crippen molar-refractivity contribution in [3.05, 3.63) is 54.1 Å². The van der Waals surface area contributed by atoms with Gasteiger partial charge in [0.05, 0.1) is 24.2 Å². The van der Waals surface area contributed by atoms with Crippen molar-refractivity contribution in [1.82, 2.24) is 0 Å². The third-order valence-corrected chi connectivity index (χ3v) is 4.76. The largest absolute Gasteiger partial charge is 0.476 e. The fraction of sp³-hybridized carbons (Fsp3) is 0.188. The number of para-hydroxylation sites is 2. The van der Waals surface area contributed by atoms with Gasteiger partial charge in [0, 0.05) is 6.07 Å². The summed E-state index contributed by atoms with van der Waals surface area (Å²) in [6.07, 6.45) is -0.168. The molecule has 132 valence electrons. The van der Waals surface area contributed by atoms with Crippen LogP contribution in [0.3, 0.4) is 0 Å². The molecular weight excluding hydrogens is 354 g/mol. The van der Waals surface area contributed by atoms with Gasteiger partial charge in [0.15, 0.2) is 6.10 Å². The summed E-state index contributed by atoms with van der Waals surface area (Å²) in [5.41, 5.74) is 0.0989. The van der Waals surface area contributed by atoms with Gasteiger partial charge in [0.1, 0.15) is 17.4 Å². The second-order valence-electron chi connectivity index (χ2n) is 5.48. The molecule has 1 heterocycles. The van der Waals surface area contributed by atoms with Crippen molar-refractivity contribution in [3.8, 4) is 5.75 Å². The van der Waals surface area contributed by atoms with Gasteiger partial charge in [0.2, 0.25) is 10.0 Å². The number of nitrogens with zero attached hydrogens (tertiary/aromatic N) is 1. The SMILES string of the molecule is CS(=O)(=O)N1CC(C(=O)Nc2ccc(F)cc2F)Oc2ccccc21. The first-order chi connectivity index (χ1) is 11.8. The van der Waals surface area contributed by atoms with Crippen LogP contribution in [-0.2, 0) is 14.8 Å². The first-order valence-electron chi connectivity index (χ1n) is 7.25. The third kappa shape index (κ3) is 3.55. The van der Waals surface area contributed by atoms with E-state index in [-0.39, 0.29) is 18.0 Å². The summed E-state index contributed by atoms with van der Waals surface area (Å²) in [4.78, 5) is 12.4. The summed E-state index contributed by atoms with van der Waals surface area (Å²) < 4.78 is 57.2. The monoisotopic (exact) mass is 368 g/mol. The van der Waals surface area contributed by atoms with Gasteiger partial charge < -0.3 is 10.1 Å². The number of carbonyl (C=O) groups excluding carboxylic acids is 1. The van der Waals surface area contributed by atoms with E-state index < -0.39 is 33.7 Å². The Morgan fingerprint density at radius 1 is 1.24 bits per heavy atom. The highest BCUT2D eigenvalue weighted by Gasteiger charge is 2.35. The van der Waals surface area contributed by atoms with Gasteiger partial charge in [-0.1, -0.05) is 12.1 Å². The lowest BCUT2D eigenvalue weighted by atomic mass is 10.2. The standard InChI is InChI=1S/C16H14F2N2O4S/c1-25(22,23)20-9-15(24-14-5-3-2-4-13(14)20)16(21)19-12-7-6-10(17)8-11(12)18/h2-8,15H,9H2,1H3,(H,19,21). The number of hydrogen-bond acceptors (Lipinski definition) is 4. The third-order valence-electron chi connectivity index (χ3n) is 3.62. The van der Waals surface area contributed by atoms with Crippen LogP contribution < -0.4 is 14.4 Å². The Bertz CT molecular complexity index is 933. The second-order valence-corrected chi connectivity index (χ2v) is 7.39. The van der Waals surface area contributed by atoms with Crippen LogP contribution in [0.15, 0.2) is 42.5 Å². The first-order valence-corrected chi connectivity index (χ1v) is 9.10. The minimum atomic E-state index is -3.64. The summed E-state index contributed by atoms with van der Waals surface area (Å²) >= 11 is 0. The Kier molecular flexibility index (Phi) is 4.34. The van der Waals surface area contributed by atoms with Crippen molar-refractivity contribution < 1.29 is 26.7 Å². The average Bonchev–Trinajstić information content (AvgIpc) is 2.55. The maximum atomic E-state index is 13.7. The van der Waals surface area contributed by atoms with E-state index in [0.29, 0.717) is 11.8 Å². The number of halogens is 2. The van der Waals surface area contributed by atoms with Crippen molar-refractivity contribution in [3.63, 3.8) is 0 Å². The highest BCUT2D eigenvalue weighted by Crippen LogP contribution is 2.34. The molecule has 6 nitrogen and oxygen atoms in total. The molecule has 1 aliphatic heterocycles. The Balaban J connectivity index is 1.87. The number of benzene rings is 2. The van der Waals surface area contributed by atoms with Crippen molar-refractivity contribution in [2.75, 3.05) is 22.4 Å². The van der Waals surface area contributed by atoms with Crippen molar-refractivity contribution >= 4 is 27.3 Å². The van der Waals surface area contributed by atoms with E-state index in [9.17, 15) is 22.0 Å². The van der Waals surface area contributed by atoms with E-state index in [2.05, 4.69) is 5.32 Å². The van der Waals surface area contributed by atoms with Gasteiger partial charge >= 0.3 is 0 Å². The summed E-state index contributed by atoms with van der Waals surface area (Å²) in [5.74, 6) is -2.24. The number of ether oxygens (including phenoxy) is 1. The number of amides is 1. The zero-order chi connectivity index (χ0) is 18.2. The van der Waals surface area contributed by atoms with Crippen LogP contribution in [0.1, 0.15) is 0 Å². The molecule has 0 saturated carbocycles. The smallest absolute Gasteiger partial charge is 0.267 e. The Morgan fingerprint density at radius 2 is 1.96 bits per heavy atom. The highest BCUT2D eigenvalue weighted by molar-refractivity contribution is 7.92. The second kappa shape index (κ2) is 6.32. The summed E-state index contributed by atoms with van der Waals surface area (Å²) in [5, 5.41) is 2.28. The number of fused-ring (bicyclic) bond motifs is 1. The minimum absolute atomic E-state index is 0.221. The van der Waals surface area contributed by atoms with Gasteiger partial charge in [-0.3, -0.25) is 9.10 Å². The lowest BCUT2D eigenvalue weighted by Gasteiger charge is -2.33. The van der Waals surface area contributed by atoms with E-state index in [1.54, 1.807) is 18.2 Å². The number of carbonyl (C=O) groups is 1. The molecule has 1 amide bonds. The van der Waals surface area contributed by atoms with Gasteiger partial charge in [-0.25, -0.2) is 17.2 Å². The van der Waals surface area contributed by atoms with Gasteiger partial charge in [-0.05, 0) is 24.3 Å². The number of rotatable bonds is 3. The normalized spacial score (nSPS) is 16.8. The predicted molar refractivity (Wildman–Crippen MR) is 88.0 cm³/mol. The first kappa shape index (κ1) is 17.2. The molecule has 0 aromatic heterocycles. The fourth-order valence-corrected chi connectivity index (χ4v) is 3.37. The Hall–Kier alpha value is -2.68. The molecule has 3 rings (SSSR count). The van der Waals surface area contributed by atoms with Crippen molar-refractivity contribution in [2.24, 2.45) is 0 Å². The zero-order valence-electron chi connectivity index (χ0n) is 13.1. The van der Waals surface area contributed by atoms with E-state index >= 15 is 0 Å². The van der Waals surface area contributed by atoms with Gasteiger partial charge in [-0.2, -0.15) is 0 Å². The molecule has 1 aliphatic rings. The molecule has 1 atom stereocenters. The molecule has 2 aromatic carbocycles. The number of nitrogens with one attached hydrogen (secondary N) is 1. The fourth-order valence-electron chi connectivity index (χ4n) is 2.46. The molecule has 0 spiro atoms. The molecule has 25 heavy (non-hydrogen) atoms. The molecule has 0 aliphatic carbocycles. The molecular formula is C16H14F2N2O4S. The quantitative estimate of drug-likeness (QED) is 0.901. The van der Waals surface area contributed by atoms with Crippen LogP contribution in [-0.4, -0.2) is 33.2 Å². The molecule has 1 unspecified atom stereocenters. The molecule has 0 radical (unpaired) electrons. The Morgan fingerprint density at radius 3 is 2.64 bits per heavy atom. The average molecular weight is 368 g/mol. The van der Waals surface area contributed by atoms with E-state index in [1.807, 2.05) is 0 Å². The topological polar surface area (TPSA) is 75.7 Å². The van der Waals surface area contributed by atoms with Crippen LogP contribution in [0.5, 0.6) is 5.75 Å². The molecule has 0 fully saturated rings. The lowest BCUT2D eigenvalue weighted by molar-refractivity contribution is -0.122. The Labute approximate surface area is 143 Å². The lowest BCUT2D eigenvalue weighted by Crippen LogP contribution is -2.48. The summed E-state index contributed by atoms with van der Waals surface area (Å²) in [7, 11) is -3.64. The number of hydrogen-bond donors (Lipinski definition) is 1. The molecule has 0 bridgehead atoms. The van der Waals surface area contributed by atoms with Crippen LogP contribution in [0.2, 0.25) is 0 Å². The molecule has 2 aromatic rings. The van der Waals surface area contributed by atoms with Gasteiger partial charge in [0.25, 0.3) is 5.91 Å². The number of sulfonamides is 1. The zero-order valence-corrected chi connectivity index (χ0v) is 13.9. The maximum Gasteiger partial charge on any atom is 0.267 e. The maximum absolute atomic E-state index is 13.7. The molecule has 9 heteroatoms. The van der Waals surface area contributed by atoms with Crippen LogP contribution in [0.4, 0.5) is 20.2 Å². The summed E-state index contributed by atoms with van der Waals surface area (Å²) in [6.45, 7) is -0.259. The summed E-state index contributed by atoms with van der Waals surface area (Å²) in [6, 6.07) is 9.09. The van der Waals surface area contributed by atoms with Crippen molar-refractivity contribution in [1.29, 1.82) is 0 Å². The van der Waals surface area contributed by atoms with Crippen LogP contribution in [0.25, 0.3) is 0 Å². The van der Waals surface area contributed by atoms with E-state index in [4.69, 9.17) is 4.74 Å². The molecule has 0 saturated heterocycles. The van der Waals surface area contributed by atoms with E-state index in [0.717, 1.165) is 22.7 Å².